The summed E-state index contributed by atoms with van der Waals surface area (Å²) in [6.45, 7) is 3.03. The highest BCUT2D eigenvalue weighted by Gasteiger charge is 2.64. The van der Waals surface area contributed by atoms with Gasteiger partial charge in [-0.25, -0.2) is 4.98 Å². The van der Waals surface area contributed by atoms with Crippen molar-refractivity contribution in [2.24, 2.45) is 0 Å². The third-order valence-electron chi connectivity index (χ3n) is 3.99. The quantitative estimate of drug-likeness (QED) is 0.547. The zero-order valence-electron chi connectivity index (χ0n) is 15.3. The minimum atomic E-state index is -2.17. The number of ether oxygens (including phenoxy) is 5. The Bertz CT molecular complexity index is 827. The average molecular weight is 394 g/mol. The molecular formula is C17H18N2O9. The number of anilines is 1. The molecule has 2 aliphatic rings. The standard InChI is InChI=1S/C17H18N2O9/c1-8(20)25-12-7-24-17(14(27-10(3)22)13(12)26-9(2)21)16(23)19-15-11(28-17)5-4-6-18-15/h4-6,12-14H,7H2,1-3H3,(H,18,19,23)/t12-,13-,14+,17+/m1/s1. The Kier molecular flexibility index (Phi) is 5.18. The van der Waals surface area contributed by atoms with Gasteiger partial charge in [0.15, 0.2) is 23.8 Å². The normalized spacial score (nSPS) is 28.4. The molecule has 28 heavy (non-hydrogen) atoms. The highest BCUT2D eigenvalue weighted by atomic mass is 16.7. The van der Waals surface area contributed by atoms with Crippen molar-refractivity contribution in [2.45, 2.75) is 44.9 Å². The zero-order valence-corrected chi connectivity index (χ0v) is 15.3. The zero-order chi connectivity index (χ0) is 20.5. The Labute approximate surface area is 159 Å². The van der Waals surface area contributed by atoms with E-state index in [-0.39, 0.29) is 18.2 Å². The number of nitrogens with zero attached hydrogens (tertiary/aromatic N) is 1. The monoisotopic (exact) mass is 394 g/mol. The fraction of sp³-hybridized carbons (Fsp3) is 0.471. The first kappa shape index (κ1) is 19.5. The lowest BCUT2D eigenvalue weighted by Crippen LogP contribution is -2.71. The molecule has 2 aliphatic heterocycles. The molecule has 1 aromatic rings. The summed E-state index contributed by atoms with van der Waals surface area (Å²) in [4.78, 5) is 51.6. The van der Waals surface area contributed by atoms with Gasteiger partial charge in [0.1, 0.15) is 0 Å². The molecule has 0 aliphatic carbocycles. The Morgan fingerprint density at radius 3 is 2.46 bits per heavy atom. The highest BCUT2D eigenvalue weighted by molar-refractivity contribution is 5.99. The Balaban J connectivity index is 2.04. The van der Waals surface area contributed by atoms with Crippen LogP contribution in [0.2, 0.25) is 0 Å². The number of pyridine rings is 1. The van der Waals surface area contributed by atoms with Crippen molar-refractivity contribution in [1.82, 2.24) is 4.98 Å². The summed E-state index contributed by atoms with van der Waals surface area (Å²) in [6, 6.07) is 3.09. The molecule has 0 bridgehead atoms. The summed E-state index contributed by atoms with van der Waals surface area (Å²) in [7, 11) is 0. The predicted octanol–water partition coefficient (Wildman–Crippen LogP) is -0.0659. The van der Waals surface area contributed by atoms with E-state index >= 15 is 0 Å². The predicted molar refractivity (Wildman–Crippen MR) is 88.8 cm³/mol. The molecule has 0 radical (unpaired) electrons. The van der Waals surface area contributed by atoms with Gasteiger partial charge in [-0.3, -0.25) is 19.2 Å². The maximum Gasteiger partial charge on any atom is 0.333 e. The number of amides is 1. The summed E-state index contributed by atoms with van der Waals surface area (Å²) < 4.78 is 27.0. The molecule has 150 valence electrons. The molecule has 0 saturated carbocycles. The van der Waals surface area contributed by atoms with Gasteiger partial charge in [-0.05, 0) is 12.1 Å². The van der Waals surface area contributed by atoms with E-state index in [0.717, 1.165) is 20.8 Å². The topological polar surface area (TPSA) is 139 Å². The van der Waals surface area contributed by atoms with E-state index in [4.69, 9.17) is 23.7 Å². The number of esters is 3. The number of carbonyl (C=O) groups excluding carboxylic acids is 4. The van der Waals surface area contributed by atoms with E-state index in [2.05, 4.69) is 10.3 Å². The van der Waals surface area contributed by atoms with E-state index < -0.39 is 47.9 Å². The van der Waals surface area contributed by atoms with Crippen molar-refractivity contribution in [3.8, 4) is 5.75 Å². The van der Waals surface area contributed by atoms with Crippen molar-refractivity contribution in [3.63, 3.8) is 0 Å². The molecule has 1 fully saturated rings. The lowest BCUT2D eigenvalue weighted by molar-refractivity contribution is -0.299. The van der Waals surface area contributed by atoms with Gasteiger partial charge in [-0.15, -0.1) is 0 Å². The van der Waals surface area contributed by atoms with Gasteiger partial charge >= 0.3 is 29.6 Å². The fourth-order valence-electron chi connectivity index (χ4n) is 3.01. The van der Waals surface area contributed by atoms with Crippen LogP contribution in [0.3, 0.4) is 0 Å². The SMILES string of the molecule is CC(=O)O[C@@H]1[C@H](OC(C)=O)CO[C@]2(Oc3cccnc3NC2=O)[C@H]1OC(C)=O. The second-order valence-corrected chi connectivity index (χ2v) is 6.14. The van der Waals surface area contributed by atoms with Crippen molar-refractivity contribution in [3.05, 3.63) is 18.3 Å². The third-order valence-corrected chi connectivity index (χ3v) is 3.99. The van der Waals surface area contributed by atoms with Crippen molar-refractivity contribution in [2.75, 3.05) is 11.9 Å². The van der Waals surface area contributed by atoms with Crippen LogP contribution in [0.4, 0.5) is 5.82 Å². The minimum Gasteiger partial charge on any atom is -0.456 e. The third kappa shape index (κ3) is 3.60. The number of hydrogen-bond acceptors (Lipinski definition) is 10. The number of hydrogen-bond donors (Lipinski definition) is 1. The van der Waals surface area contributed by atoms with Crippen LogP contribution in [0.25, 0.3) is 0 Å². The second-order valence-electron chi connectivity index (χ2n) is 6.14. The molecule has 4 atom stereocenters. The molecule has 11 nitrogen and oxygen atoms in total. The summed E-state index contributed by atoms with van der Waals surface area (Å²) in [5.41, 5.74) is 0. The van der Waals surface area contributed by atoms with Gasteiger partial charge in [0.25, 0.3) is 0 Å². The van der Waals surface area contributed by atoms with E-state index in [9.17, 15) is 19.2 Å². The van der Waals surface area contributed by atoms with E-state index in [1.807, 2.05) is 0 Å². The van der Waals surface area contributed by atoms with Crippen molar-refractivity contribution in [1.29, 1.82) is 0 Å². The van der Waals surface area contributed by atoms with Crippen LogP contribution in [0.5, 0.6) is 5.75 Å². The van der Waals surface area contributed by atoms with E-state index in [1.54, 1.807) is 6.07 Å². The van der Waals surface area contributed by atoms with Crippen molar-refractivity contribution >= 4 is 29.6 Å². The summed E-state index contributed by atoms with van der Waals surface area (Å²) in [5.74, 6) is -4.88. The van der Waals surface area contributed by atoms with Gasteiger partial charge in [0.2, 0.25) is 6.10 Å². The molecular weight excluding hydrogens is 376 g/mol. The molecule has 11 heteroatoms. The fourth-order valence-corrected chi connectivity index (χ4v) is 3.01. The first-order valence-corrected chi connectivity index (χ1v) is 8.34. The summed E-state index contributed by atoms with van der Waals surface area (Å²) in [5, 5.41) is 2.51. The molecule has 0 aromatic carbocycles. The van der Waals surface area contributed by atoms with Crippen LogP contribution < -0.4 is 10.1 Å². The van der Waals surface area contributed by atoms with E-state index in [1.165, 1.54) is 12.3 Å². The molecule has 0 unspecified atom stereocenters. The molecule has 1 N–H and O–H groups in total. The Hall–Kier alpha value is -3.21. The average Bonchev–Trinajstić information content (AvgIpc) is 2.60. The Morgan fingerprint density at radius 1 is 1.14 bits per heavy atom. The Morgan fingerprint density at radius 2 is 1.82 bits per heavy atom. The van der Waals surface area contributed by atoms with Gasteiger partial charge in [-0.2, -0.15) is 0 Å². The molecule has 3 heterocycles. The van der Waals surface area contributed by atoms with Crippen LogP contribution in [0.15, 0.2) is 18.3 Å². The smallest absolute Gasteiger partial charge is 0.333 e. The van der Waals surface area contributed by atoms with Crippen LogP contribution in [0, 0.1) is 0 Å². The van der Waals surface area contributed by atoms with Gasteiger partial charge in [0, 0.05) is 27.0 Å². The molecule has 1 amide bonds. The lowest BCUT2D eigenvalue weighted by Gasteiger charge is -2.47. The van der Waals surface area contributed by atoms with Gasteiger partial charge in [-0.1, -0.05) is 0 Å². The molecule has 1 spiro atoms. The summed E-state index contributed by atoms with van der Waals surface area (Å²) in [6.07, 6.45) is -2.57. The van der Waals surface area contributed by atoms with Crippen LogP contribution in [0.1, 0.15) is 20.8 Å². The van der Waals surface area contributed by atoms with Crippen molar-refractivity contribution < 1.29 is 42.9 Å². The first-order valence-electron chi connectivity index (χ1n) is 8.34. The second kappa shape index (κ2) is 7.43. The van der Waals surface area contributed by atoms with Crippen LogP contribution in [-0.2, 0) is 38.1 Å². The number of rotatable bonds is 3. The molecule has 1 aromatic heterocycles. The van der Waals surface area contributed by atoms with Gasteiger partial charge < -0.3 is 29.0 Å². The van der Waals surface area contributed by atoms with Crippen LogP contribution >= 0.6 is 0 Å². The maximum absolute atomic E-state index is 12.8. The largest absolute Gasteiger partial charge is 0.456 e. The van der Waals surface area contributed by atoms with Crippen LogP contribution in [-0.4, -0.2) is 59.5 Å². The minimum absolute atomic E-state index is 0.148. The number of carbonyl (C=O) groups is 4. The highest BCUT2D eigenvalue weighted by Crippen LogP contribution is 2.40. The number of nitrogens with one attached hydrogen (secondary N) is 1. The van der Waals surface area contributed by atoms with E-state index in [0.29, 0.717) is 0 Å². The number of aromatic nitrogens is 1. The molecule has 1 saturated heterocycles. The summed E-state index contributed by atoms with van der Waals surface area (Å²) >= 11 is 0. The van der Waals surface area contributed by atoms with Gasteiger partial charge in [0.05, 0.1) is 6.61 Å². The molecule has 3 rings (SSSR count). The first-order chi connectivity index (χ1) is 13.2. The maximum atomic E-state index is 12.8. The number of fused-ring (bicyclic) bond motifs is 1. The lowest BCUT2D eigenvalue weighted by atomic mass is 9.94.